The van der Waals surface area contributed by atoms with Gasteiger partial charge in [0.1, 0.15) is 12.4 Å². The van der Waals surface area contributed by atoms with E-state index in [0.29, 0.717) is 36.4 Å². The Labute approximate surface area is 293 Å². The van der Waals surface area contributed by atoms with E-state index in [1.54, 1.807) is 23.1 Å². The monoisotopic (exact) mass is 694 g/mol. The maximum absolute atomic E-state index is 14.5. The molecule has 0 unspecified atom stereocenters. The number of nitrogens with one attached hydrogen (secondary N) is 1. The number of amides is 1. The summed E-state index contributed by atoms with van der Waals surface area (Å²) < 4.78 is 36.3. The van der Waals surface area contributed by atoms with E-state index in [-0.39, 0.29) is 52.2 Å². The van der Waals surface area contributed by atoms with Crippen LogP contribution < -0.4 is 14.4 Å². The minimum Gasteiger partial charge on any atom is -0.475 e. The third-order valence-electron chi connectivity index (χ3n) is 9.73. The largest absolute Gasteiger partial charge is 0.475 e. The highest BCUT2D eigenvalue weighted by Gasteiger charge is 2.52. The highest BCUT2D eigenvalue weighted by atomic mass is 32.2. The molecular formula is C38H42N6O5S. The highest BCUT2D eigenvalue weighted by molar-refractivity contribution is 7.92. The molecule has 2 fully saturated rings. The topological polar surface area (TPSA) is 135 Å². The second kappa shape index (κ2) is 12.5. The van der Waals surface area contributed by atoms with Gasteiger partial charge in [-0.3, -0.25) is 14.6 Å². The van der Waals surface area contributed by atoms with Crippen LogP contribution in [-0.2, 0) is 21.4 Å². The van der Waals surface area contributed by atoms with Crippen molar-refractivity contribution < 1.29 is 22.7 Å². The molecule has 12 heteroatoms. The van der Waals surface area contributed by atoms with E-state index in [1.807, 2.05) is 50.4 Å². The van der Waals surface area contributed by atoms with Gasteiger partial charge >= 0.3 is 0 Å². The number of sulfonamides is 1. The first kappa shape index (κ1) is 33.6. The third kappa shape index (κ3) is 6.81. The lowest BCUT2D eigenvalue weighted by Gasteiger charge is -2.55. The number of ether oxygens (including phenoxy) is 1. The summed E-state index contributed by atoms with van der Waals surface area (Å²) in [5, 5.41) is 0. The third-order valence-corrected chi connectivity index (χ3v) is 11.1. The molecule has 4 bridgehead atoms. The van der Waals surface area contributed by atoms with Gasteiger partial charge < -0.3 is 14.5 Å². The Bertz CT molecular complexity index is 2060. The van der Waals surface area contributed by atoms with E-state index in [1.165, 1.54) is 12.1 Å². The fourth-order valence-corrected chi connectivity index (χ4v) is 8.36. The van der Waals surface area contributed by atoms with Crippen LogP contribution in [0.5, 0.6) is 5.88 Å². The lowest BCUT2D eigenvalue weighted by atomic mass is 9.62. The summed E-state index contributed by atoms with van der Waals surface area (Å²) in [6.45, 7) is 12.3. The van der Waals surface area contributed by atoms with E-state index >= 15 is 0 Å². The number of rotatable bonds is 5. The fourth-order valence-electron chi connectivity index (χ4n) is 7.37. The van der Waals surface area contributed by atoms with Crippen LogP contribution in [0, 0.1) is 24.7 Å². The van der Waals surface area contributed by atoms with Gasteiger partial charge in [-0.15, -0.1) is 0 Å². The molecule has 1 spiro atoms. The van der Waals surface area contributed by atoms with E-state index in [0.717, 1.165) is 35.5 Å². The number of Topliss-reactive ketones (excluding diaryl/α,β-unsaturated/α-hetero) is 1. The van der Waals surface area contributed by atoms with Crippen LogP contribution in [-0.4, -0.2) is 65.7 Å². The maximum Gasteiger partial charge on any atom is 0.264 e. The summed E-state index contributed by atoms with van der Waals surface area (Å²) in [4.78, 5) is 43.8. The van der Waals surface area contributed by atoms with Gasteiger partial charge in [0.2, 0.25) is 11.8 Å². The molecule has 0 radical (unpaired) electrons. The van der Waals surface area contributed by atoms with E-state index in [4.69, 9.17) is 9.72 Å². The Hall–Kier alpha value is -4.84. The van der Waals surface area contributed by atoms with Crippen LogP contribution in [0.25, 0.3) is 11.3 Å². The van der Waals surface area contributed by atoms with Crippen molar-refractivity contribution in [3.8, 4) is 17.1 Å². The van der Waals surface area contributed by atoms with Crippen molar-refractivity contribution in [1.82, 2.24) is 19.9 Å². The smallest absolute Gasteiger partial charge is 0.264 e. The first-order valence-electron chi connectivity index (χ1n) is 16.9. The standard InChI is InChI=1S/C38H42N6O5S/c1-24-8-6-9-25(2)34(24)32-15-33-41-36(40-32)42-50(47,48)31-11-7-10-26(14-31)35(46)44(29(21-49-33)16-37(3,4)5)20-27-12-13-28(19-39-27)43-22-38(23-43)17-30(45)18-38/h6-15,19,29H,16-18,20-23H2,1-5H3,(H,40,41,42)/t29-/m1/s1. The Morgan fingerprint density at radius 3 is 2.34 bits per heavy atom. The van der Waals surface area contributed by atoms with E-state index in [2.05, 4.69) is 40.4 Å². The Morgan fingerprint density at radius 1 is 0.960 bits per heavy atom. The van der Waals surface area contributed by atoms with Gasteiger partial charge in [0.15, 0.2) is 0 Å². The van der Waals surface area contributed by atoms with Gasteiger partial charge in [-0.25, -0.2) is 18.1 Å². The lowest BCUT2D eigenvalue weighted by molar-refractivity contribution is -0.134. The number of aryl methyl sites for hydroxylation is 2. The molecule has 1 amide bonds. The average molecular weight is 695 g/mol. The molecule has 1 atom stereocenters. The molecule has 1 N–H and O–H groups in total. The zero-order valence-corrected chi connectivity index (χ0v) is 29.9. The summed E-state index contributed by atoms with van der Waals surface area (Å²) in [5.41, 5.74) is 5.16. The Kier molecular flexibility index (Phi) is 8.40. The van der Waals surface area contributed by atoms with Crippen molar-refractivity contribution in [2.45, 2.75) is 71.4 Å². The predicted octanol–water partition coefficient (Wildman–Crippen LogP) is 5.97. The number of hydrogen-bond donors (Lipinski definition) is 1. The van der Waals surface area contributed by atoms with E-state index in [9.17, 15) is 18.0 Å². The molecule has 7 rings (SSSR count). The SMILES string of the molecule is Cc1cccc(C)c1-c1cc2nc(n1)NS(=O)(=O)c1cccc(c1)C(=O)N(Cc1ccc(N3CC4(CC(=O)C4)C3)cn1)[C@H](CC(C)(C)C)CO2. The molecule has 50 heavy (non-hydrogen) atoms. The summed E-state index contributed by atoms with van der Waals surface area (Å²) in [6.07, 6.45) is 3.72. The zero-order chi connectivity index (χ0) is 35.4. The molecule has 2 aromatic carbocycles. The molecular weight excluding hydrogens is 653 g/mol. The van der Waals surface area contributed by atoms with Gasteiger partial charge in [-0.2, -0.15) is 4.98 Å². The number of anilines is 2. The van der Waals surface area contributed by atoms with Crippen molar-refractivity contribution in [3.63, 3.8) is 0 Å². The number of carbonyl (C=O) groups is 2. The van der Waals surface area contributed by atoms with Crippen LogP contribution in [0.1, 0.15) is 67.2 Å². The first-order chi connectivity index (χ1) is 23.7. The van der Waals surface area contributed by atoms with Crippen LogP contribution in [0.2, 0.25) is 0 Å². The fraction of sp³-hybridized carbons (Fsp3) is 0.395. The van der Waals surface area contributed by atoms with Crippen LogP contribution in [0.4, 0.5) is 11.6 Å². The Morgan fingerprint density at radius 2 is 1.68 bits per heavy atom. The molecule has 1 aliphatic carbocycles. The molecule has 2 aromatic heterocycles. The number of ketones is 1. The second-order valence-corrected chi connectivity index (χ2v) is 16.9. The number of fused-ring (bicyclic) bond motifs is 4. The van der Waals surface area contributed by atoms with Crippen LogP contribution in [0.15, 0.2) is 71.8 Å². The van der Waals surface area contributed by atoms with Gasteiger partial charge in [0, 0.05) is 48.5 Å². The maximum atomic E-state index is 14.5. The van der Waals surface area contributed by atoms with Gasteiger partial charge in [0.25, 0.3) is 15.9 Å². The summed E-state index contributed by atoms with van der Waals surface area (Å²) in [6, 6.07) is 17.2. The van der Waals surface area contributed by atoms with Gasteiger partial charge in [0.05, 0.1) is 40.8 Å². The van der Waals surface area contributed by atoms with Crippen molar-refractivity contribution in [3.05, 3.63) is 89.2 Å². The minimum absolute atomic E-state index is 0.0820. The van der Waals surface area contributed by atoms with Crippen LogP contribution >= 0.6 is 0 Å². The number of hydrogen-bond acceptors (Lipinski definition) is 9. The molecule has 1 saturated carbocycles. The molecule has 260 valence electrons. The summed E-state index contributed by atoms with van der Waals surface area (Å²) in [5.74, 6) is 0.0651. The van der Waals surface area contributed by atoms with Gasteiger partial charge in [-0.1, -0.05) is 45.0 Å². The number of aromatic nitrogens is 3. The van der Waals surface area contributed by atoms with Crippen molar-refractivity contribution in [2.75, 3.05) is 29.3 Å². The normalized spacial score (nSPS) is 19.7. The molecule has 1 saturated heterocycles. The number of pyridine rings is 1. The van der Waals surface area contributed by atoms with Crippen molar-refractivity contribution >= 4 is 33.3 Å². The number of benzene rings is 2. The molecule has 2 aliphatic heterocycles. The van der Waals surface area contributed by atoms with E-state index < -0.39 is 16.1 Å². The quantitative estimate of drug-likeness (QED) is 0.268. The molecule has 3 aliphatic rings. The van der Waals surface area contributed by atoms with Crippen molar-refractivity contribution in [2.24, 2.45) is 10.8 Å². The summed E-state index contributed by atoms with van der Waals surface area (Å²) >= 11 is 0. The number of nitrogens with zero attached hydrogens (tertiary/aromatic N) is 5. The Balaban J connectivity index is 1.26. The lowest BCUT2D eigenvalue weighted by Crippen LogP contribution is -2.62. The molecule has 4 heterocycles. The summed E-state index contributed by atoms with van der Waals surface area (Å²) in [7, 11) is -4.18. The zero-order valence-electron chi connectivity index (χ0n) is 29.1. The molecule has 4 aromatic rings. The van der Waals surface area contributed by atoms with Crippen LogP contribution in [0.3, 0.4) is 0 Å². The predicted molar refractivity (Wildman–Crippen MR) is 191 cm³/mol. The minimum atomic E-state index is -4.18. The molecule has 11 nitrogen and oxygen atoms in total. The van der Waals surface area contributed by atoms with Crippen molar-refractivity contribution in [1.29, 1.82) is 0 Å². The number of carbonyl (C=O) groups excluding carboxylic acids is 2. The highest BCUT2D eigenvalue weighted by Crippen LogP contribution is 2.47. The second-order valence-electron chi connectivity index (χ2n) is 15.2. The van der Waals surface area contributed by atoms with Gasteiger partial charge in [-0.05, 0) is 67.1 Å². The average Bonchev–Trinajstić information content (AvgIpc) is 3.02. The first-order valence-corrected chi connectivity index (χ1v) is 18.4.